The van der Waals surface area contributed by atoms with Gasteiger partial charge in [-0.1, -0.05) is 24.3 Å². The van der Waals surface area contributed by atoms with Crippen LogP contribution in [0.15, 0.2) is 78.5 Å². The fourth-order valence-corrected chi connectivity index (χ4v) is 3.62. The van der Waals surface area contributed by atoms with Gasteiger partial charge in [0, 0.05) is 29.4 Å². The summed E-state index contributed by atoms with van der Waals surface area (Å²) >= 11 is 0. The van der Waals surface area contributed by atoms with Gasteiger partial charge in [-0.15, -0.1) is 0 Å². The first-order valence-corrected chi connectivity index (χ1v) is 10.5. The van der Waals surface area contributed by atoms with E-state index in [-0.39, 0.29) is 29.1 Å². The average Bonchev–Trinajstić information content (AvgIpc) is 3.05. The number of carbonyl (C=O) groups is 2. The van der Waals surface area contributed by atoms with Gasteiger partial charge >= 0.3 is 0 Å². The number of nitro benzene ring substituents is 1. The molecule has 1 aliphatic rings. The summed E-state index contributed by atoms with van der Waals surface area (Å²) in [5.74, 6) is -1.23. The monoisotopic (exact) mass is 461 g/mol. The zero-order chi connectivity index (χ0) is 24.2. The number of halogens is 1. The lowest BCUT2D eigenvalue weighted by Gasteiger charge is -2.16. The fraction of sp³-hybridized carbons (Fsp3) is 0.120. The third-order valence-electron chi connectivity index (χ3n) is 5.24. The SMILES string of the molecule is CCOc1cccc(NC2=C(c3ccc([N+](=O)[O-])cc3)C(=O)N(Cc3ccccc3F)C2=O)c1. The highest BCUT2D eigenvalue weighted by molar-refractivity contribution is 6.36. The maximum atomic E-state index is 14.2. The standard InChI is InChI=1S/C25H20FN3O5/c1-2-34-20-8-5-7-18(14-20)27-23-22(16-10-12-19(13-11-16)29(32)33)24(30)28(25(23)31)15-17-6-3-4-9-21(17)26/h3-14,27H,2,15H2,1H3. The van der Waals surface area contributed by atoms with Gasteiger partial charge in [0.2, 0.25) is 0 Å². The maximum absolute atomic E-state index is 14.2. The largest absolute Gasteiger partial charge is 0.494 e. The molecule has 0 fully saturated rings. The number of nitrogens with zero attached hydrogens (tertiary/aromatic N) is 2. The molecule has 8 nitrogen and oxygen atoms in total. The van der Waals surface area contributed by atoms with E-state index in [1.54, 1.807) is 30.3 Å². The number of carbonyl (C=O) groups excluding carboxylic acids is 2. The van der Waals surface area contributed by atoms with Crippen molar-refractivity contribution in [2.75, 3.05) is 11.9 Å². The smallest absolute Gasteiger partial charge is 0.278 e. The molecule has 34 heavy (non-hydrogen) atoms. The number of amides is 2. The van der Waals surface area contributed by atoms with Crippen LogP contribution in [-0.4, -0.2) is 28.2 Å². The number of benzene rings is 3. The molecule has 0 aromatic heterocycles. The van der Waals surface area contributed by atoms with Gasteiger partial charge in [-0.2, -0.15) is 0 Å². The second kappa shape index (κ2) is 9.53. The number of imide groups is 1. The second-order valence-corrected chi connectivity index (χ2v) is 7.43. The van der Waals surface area contributed by atoms with E-state index >= 15 is 0 Å². The maximum Gasteiger partial charge on any atom is 0.278 e. The van der Waals surface area contributed by atoms with Crippen LogP contribution in [0.2, 0.25) is 0 Å². The Morgan fingerprint density at radius 2 is 1.74 bits per heavy atom. The van der Waals surface area contributed by atoms with Gasteiger partial charge in [0.15, 0.2) is 0 Å². The number of nitro groups is 1. The van der Waals surface area contributed by atoms with Crippen molar-refractivity contribution in [3.05, 3.63) is 106 Å². The van der Waals surface area contributed by atoms with Crippen LogP contribution in [0.3, 0.4) is 0 Å². The van der Waals surface area contributed by atoms with Crippen molar-refractivity contribution < 1.29 is 23.6 Å². The van der Waals surface area contributed by atoms with Crippen LogP contribution in [0.4, 0.5) is 15.8 Å². The summed E-state index contributed by atoms with van der Waals surface area (Å²) in [4.78, 5) is 38.1. The van der Waals surface area contributed by atoms with E-state index in [0.29, 0.717) is 23.6 Å². The van der Waals surface area contributed by atoms with E-state index in [2.05, 4.69) is 5.32 Å². The molecule has 0 unspecified atom stereocenters. The molecule has 4 rings (SSSR count). The predicted octanol–water partition coefficient (Wildman–Crippen LogP) is 4.52. The van der Waals surface area contributed by atoms with E-state index in [0.717, 1.165) is 4.90 Å². The lowest BCUT2D eigenvalue weighted by molar-refractivity contribution is -0.384. The molecular weight excluding hydrogens is 441 g/mol. The topological polar surface area (TPSA) is 102 Å². The van der Waals surface area contributed by atoms with Crippen LogP contribution in [0.1, 0.15) is 18.1 Å². The van der Waals surface area contributed by atoms with E-state index in [4.69, 9.17) is 4.74 Å². The molecule has 0 saturated carbocycles. The van der Waals surface area contributed by atoms with Crippen molar-refractivity contribution in [1.29, 1.82) is 0 Å². The highest BCUT2D eigenvalue weighted by Gasteiger charge is 2.39. The minimum Gasteiger partial charge on any atom is -0.494 e. The summed E-state index contributed by atoms with van der Waals surface area (Å²) in [5, 5.41) is 14.0. The zero-order valence-electron chi connectivity index (χ0n) is 18.2. The number of anilines is 1. The Morgan fingerprint density at radius 1 is 1.00 bits per heavy atom. The number of nitrogens with one attached hydrogen (secondary N) is 1. The predicted molar refractivity (Wildman–Crippen MR) is 123 cm³/mol. The highest BCUT2D eigenvalue weighted by atomic mass is 19.1. The normalized spacial score (nSPS) is 13.4. The molecule has 0 aliphatic carbocycles. The first kappa shape index (κ1) is 22.7. The third-order valence-corrected chi connectivity index (χ3v) is 5.24. The molecule has 172 valence electrons. The molecule has 1 N–H and O–H groups in total. The van der Waals surface area contributed by atoms with E-state index in [1.165, 1.54) is 42.5 Å². The molecular formula is C25H20FN3O5. The van der Waals surface area contributed by atoms with Crippen molar-refractivity contribution in [2.24, 2.45) is 0 Å². The Morgan fingerprint density at radius 3 is 2.41 bits per heavy atom. The Hall–Kier alpha value is -4.53. The Kier molecular flexibility index (Phi) is 6.35. The van der Waals surface area contributed by atoms with E-state index < -0.39 is 22.6 Å². The quantitative estimate of drug-likeness (QED) is 0.301. The lowest BCUT2D eigenvalue weighted by atomic mass is 10.0. The fourth-order valence-electron chi connectivity index (χ4n) is 3.62. The summed E-state index contributed by atoms with van der Waals surface area (Å²) in [6.45, 7) is 2.04. The number of hydrogen-bond donors (Lipinski definition) is 1. The summed E-state index contributed by atoms with van der Waals surface area (Å²) in [6.07, 6.45) is 0. The molecule has 0 spiro atoms. The van der Waals surface area contributed by atoms with Crippen LogP contribution in [0, 0.1) is 15.9 Å². The number of hydrogen-bond acceptors (Lipinski definition) is 6. The van der Waals surface area contributed by atoms with Crippen molar-refractivity contribution in [3.8, 4) is 5.75 Å². The molecule has 0 bridgehead atoms. The molecule has 1 heterocycles. The Balaban J connectivity index is 1.75. The average molecular weight is 461 g/mol. The van der Waals surface area contributed by atoms with E-state index in [9.17, 15) is 24.1 Å². The molecule has 3 aromatic rings. The van der Waals surface area contributed by atoms with Crippen molar-refractivity contribution in [2.45, 2.75) is 13.5 Å². The van der Waals surface area contributed by atoms with Gasteiger partial charge in [-0.05, 0) is 42.8 Å². The Labute approximate surface area is 194 Å². The molecule has 9 heteroatoms. The van der Waals surface area contributed by atoms with Gasteiger partial charge in [0.1, 0.15) is 17.3 Å². The molecule has 1 aliphatic heterocycles. The minimum absolute atomic E-state index is 0.0103. The van der Waals surface area contributed by atoms with Crippen molar-refractivity contribution in [1.82, 2.24) is 4.90 Å². The number of rotatable bonds is 8. The number of ether oxygens (including phenoxy) is 1. The lowest BCUT2D eigenvalue weighted by Crippen LogP contribution is -2.32. The first-order valence-electron chi connectivity index (χ1n) is 10.5. The summed E-state index contributed by atoms with van der Waals surface area (Å²) in [6, 6.07) is 18.1. The zero-order valence-corrected chi connectivity index (χ0v) is 18.2. The van der Waals surface area contributed by atoms with Crippen LogP contribution in [-0.2, 0) is 16.1 Å². The van der Waals surface area contributed by atoms with Crippen molar-refractivity contribution >= 4 is 28.8 Å². The molecule has 3 aromatic carbocycles. The summed E-state index contributed by atoms with van der Waals surface area (Å²) in [7, 11) is 0. The van der Waals surface area contributed by atoms with Crippen LogP contribution >= 0.6 is 0 Å². The van der Waals surface area contributed by atoms with Gasteiger partial charge in [0.25, 0.3) is 17.5 Å². The van der Waals surface area contributed by atoms with Crippen LogP contribution in [0.5, 0.6) is 5.75 Å². The highest BCUT2D eigenvalue weighted by Crippen LogP contribution is 2.33. The van der Waals surface area contributed by atoms with Gasteiger partial charge in [-0.3, -0.25) is 24.6 Å². The van der Waals surface area contributed by atoms with Crippen LogP contribution in [0.25, 0.3) is 5.57 Å². The van der Waals surface area contributed by atoms with Gasteiger partial charge < -0.3 is 10.1 Å². The van der Waals surface area contributed by atoms with Gasteiger partial charge in [0.05, 0.1) is 23.6 Å². The number of non-ortho nitro benzene ring substituents is 1. The molecule has 0 radical (unpaired) electrons. The van der Waals surface area contributed by atoms with Gasteiger partial charge in [-0.25, -0.2) is 4.39 Å². The third kappa shape index (κ3) is 4.49. The molecule has 0 atom stereocenters. The molecule has 2 amide bonds. The van der Waals surface area contributed by atoms with Crippen molar-refractivity contribution in [3.63, 3.8) is 0 Å². The van der Waals surface area contributed by atoms with Crippen LogP contribution < -0.4 is 10.1 Å². The summed E-state index contributed by atoms with van der Waals surface area (Å²) in [5.41, 5.74) is 0.898. The van der Waals surface area contributed by atoms with E-state index in [1.807, 2.05) is 6.92 Å². The summed E-state index contributed by atoms with van der Waals surface area (Å²) < 4.78 is 19.7. The Bertz CT molecular complexity index is 1300. The minimum atomic E-state index is -0.636. The first-order chi connectivity index (χ1) is 16.4. The second-order valence-electron chi connectivity index (χ2n) is 7.43. The molecule has 0 saturated heterocycles.